The number of benzene rings is 1. The lowest BCUT2D eigenvalue weighted by molar-refractivity contribution is -0.143. The number of esters is 1. The molecule has 0 unspecified atom stereocenters. The third kappa shape index (κ3) is 7.36. The van der Waals surface area contributed by atoms with Gasteiger partial charge in [-0.1, -0.05) is 0 Å². The summed E-state index contributed by atoms with van der Waals surface area (Å²) in [6, 6.07) is -0.299. The molecule has 0 aromatic heterocycles. The Morgan fingerprint density at radius 3 is 2.30 bits per heavy atom. The molecule has 0 saturated carbocycles. The predicted octanol–water partition coefficient (Wildman–Crippen LogP) is 5.13. The summed E-state index contributed by atoms with van der Waals surface area (Å²) < 4.78 is 63.0. The second kappa shape index (κ2) is 8.90. The van der Waals surface area contributed by atoms with E-state index in [1.54, 1.807) is 20.8 Å². The number of carbonyl (C=O) groups is 2. The molecule has 1 aromatic rings. The van der Waals surface area contributed by atoms with Crippen LogP contribution in [0.5, 0.6) is 0 Å². The van der Waals surface area contributed by atoms with Gasteiger partial charge in [0.15, 0.2) is 0 Å². The van der Waals surface area contributed by atoms with Crippen molar-refractivity contribution in [1.82, 2.24) is 5.32 Å². The first-order valence-corrected chi connectivity index (χ1v) is 8.75. The molecule has 0 saturated heterocycles. The molecular weight excluding hydrogens is 438 g/mol. The fraction of sp³-hybridized carbons (Fsp3) is 0.529. The van der Waals surface area contributed by atoms with E-state index >= 15 is 0 Å². The van der Waals surface area contributed by atoms with Crippen LogP contribution in [-0.4, -0.2) is 24.3 Å². The average Bonchev–Trinajstić information content (AvgIpc) is 2.46. The van der Waals surface area contributed by atoms with Gasteiger partial charge in [0.2, 0.25) is 0 Å². The highest BCUT2D eigenvalue weighted by Crippen LogP contribution is 2.36. The largest absolute Gasteiger partial charge is 0.466 e. The lowest BCUT2D eigenvalue weighted by Gasteiger charge is -2.24. The van der Waals surface area contributed by atoms with Crippen molar-refractivity contribution in [3.05, 3.63) is 33.5 Å². The minimum atomic E-state index is -4.74. The molecule has 5 nitrogen and oxygen atoms in total. The Hall–Kier alpha value is -1.84. The van der Waals surface area contributed by atoms with E-state index in [0.29, 0.717) is 12.1 Å². The Kier molecular flexibility index (Phi) is 7.65. The van der Waals surface area contributed by atoms with Crippen molar-refractivity contribution in [2.45, 2.75) is 51.9 Å². The van der Waals surface area contributed by atoms with Crippen molar-refractivity contribution in [1.29, 1.82) is 0 Å². The highest BCUT2D eigenvalue weighted by atomic mass is 79.9. The Morgan fingerprint density at radius 1 is 1.22 bits per heavy atom. The van der Waals surface area contributed by atoms with Gasteiger partial charge in [-0.25, -0.2) is 9.18 Å². The zero-order valence-corrected chi connectivity index (χ0v) is 16.8. The fourth-order valence-electron chi connectivity index (χ4n) is 2.10. The molecule has 152 valence electrons. The highest BCUT2D eigenvalue weighted by molar-refractivity contribution is 9.10. The van der Waals surface area contributed by atoms with Crippen LogP contribution in [0, 0.1) is 5.82 Å². The molecule has 0 spiro atoms. The molecule has 0 heterocycles. The number of amides is 1. The van der Waals surface area contributed by atoms with Crippen molar-refractivity contribution in [3.8, 4) is 0 Å². The first kappa shape index (κ1) is 23.2. The summed E-state index contributed by atoms with van der Waals surface area (Å²) in [4.78, 5) is 23.8. The number of hydrogen-bond donors (Lipinski definition) is 1. The maximum atomic E-state index is 14.5. The normalized spacial score (nSPS) is 13.1. The maximum Gasteiger partial charge on any atom is 0.416 e. The van der Waals surface area contributed by atoms with Gasteiger partial charge in [-0.2, -0.15) is 13.2 Å². The minimum absolute atomic E-state index is 0.0206. The van der Waals surface area contributed by atoms with Crippen LogP contribution in [0.2, 0.25) is 0 Å². The SMILES string of the molecule is CCOC(=O)C[C@H](NC(=O)OC(C)(C)C)c1cc(C(F)(F)F)cc(Br)c1F. The highest BCUT2D eigenvalue weighted by Gasteiger charge is 2.34. The van der Waals surface area contributed by atoms with Crippen LogP contribution in [0.15, 0.2) is 16.6 Å². The van der Waals surface area contributed by atoms with Gasteiger partial charge in [0.05, 0.1) is 29.1 Å². The van der Waals surface area contributed by atoms with Crippen molar-refractivity contribution < 1.29 is 36.6 Å². The molecule has 1 rings (SSSR count). The van der Waals surface area contributed by atoms with Gasteiger partial charge >= 0.3 is 18.2 Å². The topological polar surface area (TPSA) is 64.6 Å². The molecule has 1 N–H and O–H groups in total. The van der Waals surface area contributed by atoms with Crippen molar-refractivity contribution in [3.63, 3.8) is 0 Å². The standard InChI is InChI=1S/C17H20BrF4NO4/c1-5-26-13(24)8-12(23-15(25)27-16(2,3)4)10-6-9(17(20,21)22)7-11(18)14(10)19/h6-7,12H,5,8H2,1-4H3,(H,23,25)/t12-/m0/s1. The predicted molar refractivity (Wildman–Crippen MR) is 92.5 cm³/mol. The second-order valence-corrected chi connectivity index (χ2v) is 7.42. The Labute approximate surface area is 162 Å². The summed E-state index contributed by atoms with van der Waals surface area (Å²) in [5.74, 6) is -1.85. The first-order valence-electron chi connectivity index (χ1n) is 7.96. The number of nitrogens with one attached hydrogen (secondary N) is 1. The second-order valence-electron chi connectivity index (χ2n) is 6.57. The molecule has 0 radical (unpaired) electrons. The lowest BCUT2D eigenvalue weighted by Crippen LogP contribution is -2.36. The van der Waals surface area contributed by atoms with E-state index in [1.807, 2.05) is 0 Å². The summed E-state index contributed by atoms with van der Waals surface area (Å²) in [6.45, 7) is 6.29. The van der Waals surface area contributed by atoms with Crippen molar-refractivity contribution in [2.75, 3.05) is 6.61 Å². The molecule has 1 atom stereocenters. The summed E-state index contributed by atoms with van der Waals surface area (Å²) in [6.07, 6.45) is -6.33. The van der Waals surface area contributed by atoms with Crippen LogP contribution < -0.4 is 5.32 Å². The Bertz CT molecular complexity index is 701. The third-order valence-electron chi connectivity index (χ3n) is 3.13. The molecule has 0 aliphatic carbocycles. The maximum absolute atomic E-state index is 14.5. The number of carbonyl (C=O) groups excluding carboxylic acids is 2. The van der Waals surface area contributed by atoms with Gasteiger partial charge in [0, 0.05) is 5.56 Å². The molecular formula is C17H20BrF4NO4. The van der Waals surface area contributed by atoms with Gasteiger partial charge in [-0.15, -0.1) is 0 Å². The summed E-state index contributed by atoms with van der Waals surface area (Å²) in [5.41, 5.74) is -2.55. The van der Waals surface area contributed by atoms with Crippen LogP contribution >= 0.6 is 15.9 Å². The molecule has 0 bridgehead atoms. The lowest BCUT2D eigenvalue weighted by atomic mass is 10.00. The Morgan fingerprint density at radius 2 is 1.81 bits per heavy atom. The van der Waals surface area contributed by atoms with Crippen molar-refractivity contribution >= 4 is 28.0 Å². The summed E-state index contributed by atoms with van der Waals surface area (Å²) in [5, 5.41) is 2.24. The average molecular weight is 458 g/mol. The van der Waals surface area contributed by atoms with Crippen molar-refractivity contribution in [2.24, 2.45) is 0 Å². The molecule has 0 aliphatic heterocycles. The zero-order valence-electron chi connectivity index (χ0n) is 15.2. The van der Waals surface area contributed by atoms with Crippen LogP contribution in [0.1, 0.15) is 51.3 Å². The molecule has 0 fully saturated rings. The zero-order chi connectivity index (χ0) is 21.0. The van der Waals surface area contributed by atoms with E-state index in [2.05, 4.69) is 21.2 Å². The molecule has 1 aromatic carbocycles. The van der Waals surface area contributed by atoms with Crippen LogP contribution in [-0.2, 0) is 20.4 Å². The van der Waals surface area contributed by atoms with Crippen LogP contribution in [0.25, 0.3) is 0 Å². The molecule has 0 aliphatic rings. The first-order chi connectivity index (χ1) is 12.2. The van der Waals surface area contributed by atoms with E-state index in [-0.39, 0.29) is 6.61 Å². The monoisotopic (exact) mass is 457 g/mol. The minimum Gasteiger partial charge on any atom is -0.466 e. The van der Waals surface area contributed by atoms with Crippen LogP contribution in [0.4, 0.5) is 22.4 Å². The fourth-order valence-corrected chi connectivity index (χ4v) is 2.58. The summed E-state index contributed by atoms with van der Waals surface area (Å²) in [7, 11) is 0. The van der Waals surface area contributed by atoms with Gasteiger partial charge in [0.1, 0.15) is 11.4 Å². The Balaban J connectivity index is 3.31. The molecule has 1 amide bonds. The van der Waals surface area contributed by atoms with E-state index in [9.17, 15) is 27.2 Å². The van der Waals surface area contributed by atoms with E-state index < -0.39 is 57.7 Å². The van der Waals surface area contributed by atoms with E-state index in [0.717, 1.165) is 0 Å². The van der Waals surface area contributed by atoms with Gasteiger partial charge in [-0.05, 0) is 55.8 Å². The van der Waals surface area contributed by atoms with Gasteiger partial charge in [-0.3, -0.25) is 4.79 Å². The number of halogens is 5. The number of alkyl carbamates (subject to hydrolysis) is 1. The number of rotatable bonds is 5. The number of ether oxygens (including phenoxy) is 2. The molecule has 27 heavy (non-hydrogen) atoms. The van der Waals surface area contributed by atoms with Crippen LogP contribution in [0.3, 0.4) is 0 Å². The van der Waals surface area contributed by atoms with E-state index in [1.165, 1.54) is 6.92 Å². The number of alkyl halides is 3. The summed E-state index contributed by atoms with van der Waals surface area (Å²) >= 11 is 2.73. The smallest absolute Gasteiger partial charge is 0.416 e. The molecule has 10 heteroatoms. The van der Waals surface area contributed by atoms with E-state index in [4.69, 9.17) is 9.47 Å². The third-order valence-corrected chi connectivity index (χ3v) is 3.70. The number of hydrogen-bond acceptors (Lipinski definition) is 4. The van der Waals surface area contributed by atoms with Gasteiger partial charge in [0.25, 0.3) is 0 Å². The quantitative estimate of drug-likeness (QED) is 0.491. The van der Waals surface area contributed by atoms with Gasteiger partial charge < -0.3 is 14.8 Å².